The Morgan fingerprint density at radius 1 is 1.44 bits per heavy atom. The molecule has 2 saturated carbocycles. The van der Waals surface area contributed by atoms with E-state index >= 15 is 0 Å². The Kier molecular flexibility index (Phi) is 3.91. The topological polar surface area (TPSA) is 26.3 Å². The third-order valence-corrected chi connectivity index (χ3v) is 6.21. The molecular weight excluding hydrogens is 271 g/mol. The highest BCUT2D eigenvalue weighted by molar-refractivity contribution is 6.30. The Morgan fingerprint density at radius 3 is 2.56 bits per heavy atom. The summed E-state index contributed by atoms with van der Waals surface area (Å²) in [7, 11) is 0. The van der Waals surface area contributed by atoms with Crippen molar-refractivity contribution < 1.29 is 9.53 Å². The number of carbonyl (C=O) groups excluding carboxylic acids is 1. The quantitative estimate of drug-likeness (QED) is 0.579. The zero-order chi connectivity index (χ0) is 13.6. The molecule has 2 fully saturated rings. The van der Waals surface area contributed by atoms with E-state index in [2.05, 4.69) is 20.8 Å². The molecule has 2 nitrogen and oxygen atoms in total. The van der Waals surface area contributed by atoms with Gasteiger partial charge < -0.3 is 4.74 Å². The lowest BCUT2D eigenvalue weighted by molar-refractivity contribution is -0.156. The smallest absolute Gasteiger partial charge is 0.324 e. The van der Waals surface area contributed by atoms with Gasteiger partial charge in [0.25, 0.3) is 0 Å². The van der Waals surface area contributed by atoms with Gasteiger partial charge in [0.1, 0.15) is 11.5 Å². The number of fused-ring (bicyclic) bond motifs is 2. The lowest BCUT2D eigenvalue weighted by atomic mass is 9.70. The van der Waals surface area contributed by atoms with Crippen molar-refractivity contribution in [1.29, 1.82) is 0 Å². The van der Waals surface area contributed by atoms with Crippen LogP contribution in [0.4, 0.5) is 0 Å². The predicted molar refractivity (Wildman–Crippen MR) is 74.1 cm³/mol. The fourth-order valence-corrected chi connectivity index (χ4v) is 4.23. The van der Waals surface area contributed by atoms with Crippen molar-refractivity contribution in [2.75, 3.05) is 5.88 Å². The minimum Gasteiger partial charge on any atom is -0.461 e. The molecule has 2 rings (SSSR count). The maximum Gasteiger partial charge on any atom is 0.324 e. The first-order valence-corrected chi connectivity index (χ1v) is 7.70. The first kappa shape index (κ1) is 14.5. The normalized spacial score (nSPS) is 38.7. The Balaban J connectivity index is 2.03. The molecule has 0 spiro atoms. The van der Waals surface area contributed by atoms with Gasteiger partial charge in [0.15, 0.2) is 0 Å². The van der Waals surface area contributed by atoms with Crippen LogP contribution in [0.3, 0.4) is 0 Å². The number of carbonyl (C=O) groups is 1. The van der Waals surface area contributed by atoms with Crippen molar-refractivity contribution in [3.8, 4) is 0 Å². The molecule has 18 heavy (non-hydrogen) atoms. The highest BCUT2D eigenvalue weighted by atomic mass is 35.5. The van der Waals surface area contributed by atoms with E-state index in [4.69, 9.17) is 27.9 Å². The van der Waals surface area contributed by atoms with Gasteiger partial charge in [-0.1, -0.05) is 20.8 Å². The Hall–Kier alpha value is 0.0500. The summed E-state index contributed by atoms with van der Waals surface area (Å²) in [5.41, 5.74) is 0.358. The van der Waals surface area contributed by atoms with E-state index < -0.39 is 5.38 Å². The molecule has 2 aliphatic rings. The molecule has 0 aliphatic heterocycles. The highest BCUT2D eigenvalue weighted by Gasteiger charge is 2.62. The van der Waals surface area contributed by atoms with Crippen LogP contribution >= 0.6 is 23.2 Å². The van der Waals surface area contributed by atoms with Crippen LogP contribution in [0.15, 0.2) is 0 Å². The summed E-state index contributed by atoms with van der Waals surface area (Å²) in [5.74, 6) is 0.758. The summed E-state index contributed by atoms with van der Waals surface area (Å²) in [6, 6.07) is 0. The van der Waals surface area contributed by atoms with E-state index in [9.17, 15) is 4.79 Å². The van der Waals surface area contributed by atoms with Gasteiger partial charge in [-0.05, 0) is 37.0 Å². The first-order chi connectivity index (χ1) is 8.33. The van der Waals surface area contributed by atoms with Gasteiger partial charge in [0, 0.05) is 11.3 Å². The van der Waals surface area contributed by atoms with Crippen LogP contribution in [-0.2, 0) is 9.53 Å². The van der Waals surface area contributed by atoms with Gasteiger partial charge in [-0.15, -0.1) is 23.2 Å². The van der Waals surface area contributed by atoms with E-state index in [0.29, 0.717) is 18.2 Å². The van der Waals surface area contributed by atoms with Crippen LogP contribution in [0.25, 0.3) is 0 Å². The number of hydrogen-bond donors (Lipinski definition) is 0. The molecule has 4 unspecified atom stereocenters. The van der Waals surface area contributed by atoms with Gasteiger partial charge in [-0.2, -0.15) is 0 Å². The van der Waals surface area contributed by atoms with Crippen LogP contribution in [0, 0.1) is 16.7 Å². The average molecular weight is 293 g/mol. The second kappa shape index (κ2) is 4.86. The average Bonchev–Trinajstić information content (AvgIpc) is 2.62. The molecule has 0 aromatic heterocycles. The monoisotopic (exact) mass is 292 g/mol. The molecule has 2 bridgehead atoms. The second-order valence-corrected chi connectivity index (χ2v) is 7.39. The second-order valence-electron chi connectivity index (χ2n) is 6.48. The van der Waals surface area contributed by atoms with Crippen molar-refractivity contribution >= 4 is 29.2 Å². The minimum atomic E-state index is -0.603. The fourth-order valence-electron chi connectivity index (χ4n) is 3.74. The third-order valence-electron chi connectivity index (χ3n) is 5.59. The van der Waals surface area contributed by atoms with Crippen molar-refractivity contribution in [3.63, 3.8) is 0 Å². The fraction of sp³-hybridized carbons (Fsp3) is 0.929. The van der Waals surface area contributed by atoms with E-state index in [1.807, 2.05) is 0 Å². The Labute approximate surface area is 119 Å². The van der Waals surface area contributed by atoms with E-state index in [1.54, 1.807) is 0 Å². The molecule has 0 aromatic rings. The van der Waals surface area contributed by atoms with Crippen molar-refractivity contribution in [2.24, 2.45) is 16.7 Å². The molecule has 0 aromatic carbocycles. The lowest BCUT2D eigenvalue weighted by Crippen LogP contribution is -2.39. The molecular formula is C14H22Cl2O2. The number of ether oxygens (including phenoxy) is 1. The van der Waals surface area contributed by atoms with Crippen LogP contribution in [0.1, 0.15) is 46.5 Å². The van der Waals surface area contributed by atoms with E-state index in [-0.39, 0.29) is 22.9 Å². The standard InChI is InChI=1S/C14H22Cl2O2/c1-13(2)9-4-6-14(13,3)11(8-9)18-12(17)10(16)5-7-15/h9-11H,4-8H2,1-3H3. The molecule has 0 amide bonds. The maximum atomic E-state index is 11.9. The zero-order valence-electron chi connectivity index (χ0n) is 11.3. The third kappa shape index (κ3) is 2.06. The predicted octanol–water partition coefficient (Wildman–Crippen LogP) is 3.98. The largest absolute Gasteiger partial charge is 0.461 e. The number of esters is 1. The molecule has 4 heteroatoms. The number of hydrogen-bond acceptors (Lipinski definition) is 2. The molecule has 0 radical (unpaired) electrons. The van der Waals surface area contributed by atoms with Gasteiger partial charge in [-0.25, -0.2) is 0 Å². The van der Waals surface area contributed by atoms with Gasteiger partial charge >= 0.3 is 5.97 Å². The van der Waals surface area contributed by atoms with E-state index in [1.165, 1.54) is 6.42 Å². The zero-order valence-corrected chi connectivity index (χ0v) is 12.9. The van der Waals surface area contributed by atoms with E-state index in [0.717, 1.165) is 12.8 Å². The molecule has 2 aliphatic carbocycles. The van der Waals surface area contributed by atoms with Crippen LogP contribution in [0.2, 0.25) is 0 Å². The Morgan fingerprint density at radius 2 is 2.11 bits per heavy atom. The van der Waals surface area contributed by atoms with Crippen LogP contribution < -0.4 is 0 Å². The number of rotatable bonds is 4. The summed E-state index contributed by atoms with van der Waals surface area (Å²) >= 11 is 11.6. The lowest BCUT2D eigenvalue weighted by Gasteiger charge is -2.38. The molecule has 4 atom stereocenters. The first-order valence-electron chi connectivity index (χ1n) is 6.73. The van der Waals surface area contributed by atoms with Gasteiger partial charge in [0.05, 0.1) is 0 Å². The van der Waals surface area contributed by atoms with Crippen molar-refractivity contribution in [3.05, 3.63) is 0 Å². The van der Waals surface area contributed by atoms with Crippen molar-refractivity contribution in [1.82, 2.24) is 0 Å². The molecule has 0 N–H and O–H groups in total. The number of alkyl halides is 2. The maximum absolute atomic E-state index is 11.9. The summed E-state index contributed by atoms with van der Waals surface area (Å²) in [4.78, 5) is 11.9. The molecule has 104 valence electrons. The Bertz CT molecular complexity index is 343. The summed E-state index contributed by atoms with van der Waals surface area (Å²) in [6.07, 6.45) is 3.88. The summed E-state index contributed by atoms with van der Waals surface area (Å²) in [6.45, 7) is 6.85. The van der Waals surface area contributed by atoms with Gasteiger partial charge in [-0.3, -0.25) is 4.79 Å². The number of halogens is 2. The highest BCUT2D eigenvalue weighted by Crippen LogP contribution is 2.66. The van der Waals surface area contributed by atoms with Crippen molar-refractivity contribution in [2.45, 2.75) is 57.9 Å². The van der Waals surface area contributed by atoms with Crippen LogP contribution in [-0.4, -0.2) is 23.3 Å². The molecule has 0 heterocycles. The molecule has 0 saturated heterocycles. The minimum absolute atomic E-state index is 0.0234. The van der Waals surface area contributed by atoms with Crippen LogP contribution in [0.5, 0.6) is 0 Å². The van der Waals surface area contributed by atoms with Gasteiger partial charge in [0.2, 0.25) is 0 Å². The summed E-state index contributed by atoms with van der Waals surface area (Å²) in [5, 5.41) is -0.603. The summed E-state index contributed by atoms with van der Waals surface area (Å²) < 4.78 is 5.67. The SMILES string of the molecule is CC1(C)C2CCC1(C)C(OC(=O)C(Cl)CCCl)C2.